The summed E-state index contributed by atoms with van der Waals surface area (Å²) in [4.78, 5) is 178. The van der Waals surface area contributed by atoms with E-state index in [4.69, 9.17) is 14.2 Å². The molecule has 28 heteroatoms. The van der Waals surface area contributed by atoms with Gasteiger partial charge in [-0.25, -0.2) is 0 Å². The molecule has 0 saturated carbocycles. The molecular formula is C77H132N12O15S. The molecule has 1 aromatic rings. The number of aliphatic hydroxyl groups excluding tert-OH is 1. The molecule has 105 heavy (non-hydrogen) atoms. The van der Waals surface area contributed by atoms with E-state index in [-0.39, 0.29) is 62.9 Å². The first kappa shape index (κ1) is 92.3. The van der Waals surface area contributed by atoms with Gasteiger partial charge in [0.15, 0.2) is 5.37 Å². The van der Waals surface area contributed by atoms with Crippen LogP contribution in [0.2, 0.25) is 0 Å². The maximum atomic E-state index is 15.9. The summed E-state index contributed by atoms with van der Waals surface area (Å²) in [6, 6.07) is -5.87. The number of likely N-dealkylation sites (N-methyl/N-ethyl adjacent to an activating group) is 7. The molecule has 13 atom stereocenters. The van der Waals surface area contributed by atoms with Crippen LogP contribution in [0.4, 0.5) is 0 Å². The summed E-state index contributed by atoms with van der Waals surface area (Å²) in [5.74, 6) is -9.21. The van der Waals surface area contributed by atoms with Crippen molar-refractivity contribution in [2.75, 3.05) is 95.0 Å². The van der Waals surface area contributed by atoms with Crippen molar-refractivity contribution in [2.24, 2.45) is 35.5 Å². The van der Waals surface area contributed by atoms with E-state index in [9.17, 15) is 19.5 Å². The lowest BCUT2D eigenvalue weighted by Crippen LogP contribution is -2.64. The van der Waals surface area contributed by atoms with Crippen LogP contribution in [0.3, 0.4) is 0 Å². The van der Waals surface area contributed by atoms with E-state index in [1.807, 2.05) is 66.7 Å². The Morgan fingerprint density at radius 3 is 1.58 bits per heavy atom. The number of rotatable bonds is 24. The fourth-order valence-corrected chi connectivity index (χ4v) is 14.4. The van der Waals surface area contributed by atoms with Crippen LogP contribution in [0.15, 0.2) is 36.4 Å². The number of aliphatic hydroxyl groups is 1. The maximum absolute atomic E-state index is 15.9. The van der Waals surface area contributed by atoms with Gasteiger partial charge < -0.3 is 74.9 Å². The number of nitrogens with zero attached hydrogens (tertiary/aromatic N) is 8. The summed E-state index contributed by atoms with van der Waals surface area (Å²) in [5, 5.41) is 22.4. The maximum Gasteiger partial charge on any atom is 0.256 e. The van der Waals surface area contributed by atoms with Gasteiger partial charge in [-0.15, -0.1) is 11.8 Å². The standard InChI is InChI=1S/C77H132N12O15S/c1-26-28-30-51(13)64(90)63-68(94)80-56(27-2)70(96)88(24)76(105-40-29-35-89-36-38-103-39-37-89)75(101)85(21)60(44-77(16,17)104-45-54-31-33-55(102-25)34-32-54)67(93)81-61(49(9)10)73(99)82(18)57(41-46(3)4)66(92)78-52(14)65(91)79-53(15)69(95)83(19)58(42-47(5)6)71(97)84(20)59(43-48(7)8)72(98)86(22)62(50(11)12)74(100)87(63)23/h26,28,31-34,46-53,56-64,76,90H,27,29-30,35-45H2,1-25H3,(H,78,92)(H,79,91)(H,80,94)(H,81,93)/b28-26+/t51-,52+,53-,56+,57+,58+,59+,60+,61+,62+,63+,64-,76-/m1/s1. The van der Waals surface area contributed by atoms with Gasteiger partial charge in [0.2, 0.25) is 59.1 Å². The molecule has 3 rings (SSSR count). The number of carbonyl (C=O) groups excluding carboxylic acids is 11. The van der Waals surface area contributed by atoms with Gasteiger partial charge in [-0.05, 0) is 139 Å². The molecule has 0 aromatic heterocycles. The first-order valence-electron chi connectivity index (χ1n) is 37.6. The van der Waals surface area contributed by atoms with E-state index in [1.165, 1.54) is 104 Å². The first-order chi connectivity index (χ1) is 49.0. The smallest absolute Gasteiger partial charge is 0.256 e. The monoisotopic (exact) mass is 1500 g/mol. The average molecular weight is 1500 g/mol. The van der Waals surface area contributed by atoms with E-state index in [0.29, 0.717) is 50.8 Å². The van der Waals surface area contributed by atoms with Gasteiger partial charge >= 0.3 is 0 Å². The number of benzene rings is 1. The predicted octanol–water partition coefficient (Wildman–Crippen LogP) is 5.40. The van der Waals surface area contributed by atoms with Crippen molar-refractivity contribution in [3.63, 3.8) is 0 Å². The molecular weight excluding hydrogens is 1360 g/mol. The zero-order chi connectivity index (χ0) is 79.8. The van der Waals surface area contributed by atoms with Crippen LogP contribution < -0.4 is 26.0 Å². The molecule has 0 unspecified atom stereocenters. The highest BCUT2D eigenvalue weighted by molar-refractivity contribution is 8.00. The molecule has 596 valence electrons. The second-order valence-corrected chi connectivity index (χ2v) is 32.5. The van der Waals surface area contributed by atoms with Crippen LogP contribution >= 0.6 is 11.8 Å². The second kappa shape index (κ2) is 43.2. The van der Waals surface area contributed by atoms with Crippen LogP contribution in [0.25, 0.3) is 0 Å². The Kier molecular flexibility index (Phi) is 38.0. The lowest BCUT2D eigenvalue weighted by Gasteiger charge is -2.41. The molecule has 0 bridgehead atoms. The summed E-state index contributed by atoms with van der Waals surface area (Å²) in [7, 11) is 11.6. The SMILES string of the molecule is C/C=C/C[C@@H](C)[C@@H](O)[C@H]1C(=O)N[C@@H](CC)C(=O)N(C)[C@H](SCCCN2CCOCC2)C(=O)N(C)[C@@H](CC(C)(C)OCc2ccc(OC)cc2)C(=O)N[C@@H](C(C)C)C(=O)N(C)[C@@H](CC(C)C)C(=O)N[C@@H](C)C(=O)N[C@H](C)C(=O)N(C)[C@@H](CC(C)C)C(=O)N(C)[C@@H](CC(C)C)C(=O)N(C)[C@@H](C(C)C)C(=O)N1C. The third-order valence-corrected chi connectivity index (χ3v) is 21.3. The summed E-state index contributed by atoms with van der Waals surface area (Å²) in [5.41, 5.74) is -0.391. The number of morpholine rings is 1. The van der Waals surface area contributed by atoms with Crippen molar-refractivity contribution >= 4 is 76.7 Å². The van der Waals surface area contributed by atoms with Crippen LogP contribution in [-0.4, -0.2) is 282 Å². The zero-order valence-corrected chi connectivity index (χ0v) is 68.7. The summed E-state index contributed by atoms with van der Waals surface area (Å²) in [6.45, 7) is 33.0. The average Bonchev–Trinajstić information content (AvgIpc) is 0.801. The normalized spacial score (nSPS) is 25.9. The fraction of sp³-hybridized carbons (Fsp3) is 0.753. The number of ether oxygens (including phenoxy) is 3. The van der Waals surface area contributed by atoms with Gasteiger partial charge in [0.05, 0.1) is 38.6 Å². The molecule has 2 fully saturated rings. The number of hydrogen-bond acceptors (Lipinski definition) is 17. The molecule has 0 spiro atoms. The third kappa shape index (κ3) is 26.8. The highest BCUT2D eigenvalue weighted by Crippen LogP contribution is 2.30. The molecule has 5 N–H and O–H groups in total. The van der Waals surface area contributed by atoms with Gasteiger partial charge in [-0.3, -0.25) is 57.6 Å². The number of hydrogen-bond donors (Lipinski definition) is 5. The Hall–Kier alpha value is -6.88. The number of amides is 11. The van der Waals surface area contributed by atoms with E-state index in [2.05, 4.69) is 26.2 Å². The van der Waals surface area contributed by atoms with Crippen molar-refractivity contribution in [2.45, 2.75) is 247 Å². The van der Waals surface area contributed by atoms with Gasteiger partial charge in [0, 0.05) is 68.8 Å². The van der Waals surface area contributed by atoms with Crippen LogP contribution in [0.1, 0.15) is 168 Å². The first-order valence-corrected chi connectivity index (χ1v) is 38.6. The van der Waals surface area contributed by atoms with Crippen molar-refractivity contribution in [1.82, 2.24) is 60.5 Å². The van der Waals surface area contributed by atoms with Crippen molar-refractivity contribution in [1.29, 1.82) is 0 Å². The fourth-order valence-electron chi connectivity index (χ4n) is 13.2. The van der Waals surface area contributed by atoms with E-state index < -0.39 is 160 Å². The minimum Gasteiger partial charge on any atom is -0.497 e. The minimum atomic E-state index is -1.67. The van der Waals surface area contributed by atoms with E-state index in [0.717, 1.165) is 10.5 Å². The Morgan fingerprint density at radius 1 is 0.571 bits per heavy atom. The second-order valence-electron chi connectivity index (χ2n) is 31.3. The van der Waals surface area contributed by atoms with Gasteiger partial charge in [-0.1, -0.05) is 107 Å². The van der Waals surface area contributed by atoms with E-state index in [1.54, 1.807) is 80.7 Å². The Labute approximate surface area is 631 Å². The van der Waals surface area contributed by atoms with Crippen LogP contribution in [0.5, 0.6) is 5.75 Å². The highest BCUT2D eigenvalue weighted by atomic mass is 32.2. The molecule has 2 aliphatic heterocycles. The number of allylic oxidation sites excluding steroid dienone is 2. The minimum absolute atomic E-state index is 0.0319. The Bertz CT molecular complexity index is 3050. The molecule has 2 aliphatic rings. The highest BCUT2D eigenvalue weighted by Gasteiger charge is 2.47. The zero-order valence-electron chi connectivity index (χ0n) is 67.9. The Balaban J connectivity index is 2.46. The van der Waals surface area contributed by atoms with Gasteiger partial charge in [0.1, 0.15) is 66.2 Å². The number of methoxy groups -OCH3 is 1. The van der Waals surface area contributed by atoms with Crippen molar-refractivity contribution in [3.8, 4) is 5.75 Å². The molecule has 1 aromatic carbocycles. The largest absolute Gasteiger partial charge is 0.497 e. The number of nitrogens with one attached hydrogen (secondary N) is 4. The summed E-state index contributed by atoms with van der Waals surface area (Å²) >= 11 is 1.17. The van der Waals surface area contributed by atoms with Crippen LogP contribution in [0, 0.1) is 35.5 Å². The lowest BCUT2D eigenvalue weighted by molar-refractivity contribution is -0.157. The molecule has 0 radical (unpaired) electrons. The molecule has 2 heterocycles. The summed E-state index contributed by atoms with van der Waals surface area (Å²) < 4.78 is 17.5. The van der Waals surface area contributed by atoms with Gasteiger partial charge in [0.25, 0.3) is 5.91 Å². The molecule has 2 saturated heterocycles. The predicted molar refractivity (Wildman–Crippen MR) is 409 cm³/mol. The van der Waals surface area contributed by atoms with Crippen molar-refractivity contribution in [3.05, 3.63) is 42.0 Å². The third-order valence-electron chi connectivity index (χ3n) is 20.0. The van der Waals surface area contributed by atoms with Gasteiger partial charge in [-0.2, -0.15) is 0 Å². The topological polar surface area (TPSA) is 310 Å². The summed E-state index contributed by atoms with van der Waals surface area (Å²) in [6.07, 6.45) is 3.11. The van der Waals surface area contributed by atoms with Crippen LogP contribution in [-0.2, 0) is 68.8 Å². The molecule has 11 amide bonds. The quantitative estimate of drug-likeness (QED) is 0.0639. The lowest BCUT2D eigenvalue weighted by atomic mass is 9.91. The van der Waals surface area contributed by atoms with Crippen molar-refractivity contribution < 1.29 is 72.1 Å². The molecule has 0 aliphatic carbocycles. The Morgan fingerprint density at radius 2 is 1.07 bits per heavy atom. The number of carbonyl (C=O) groups is 11. The number of thioether (sulfide) groups is 1. The van der Waals surface area contributed by atoms with E-state index >= 15 is 38.4 Å². The molecule has 27 nitrogen and oxygen atoms in total.